The molecule has 10 aromatic heterocycles. The van der Waals surface area contributed by atoms with Crippen molar-refractivity contribution in [2.24, 2.45) is 70.5 Å². The number of anilines is 15. The summed E-state index contributed by atoms with van der Waals surface area (Å²) in [4.78, 5) is 39.0. The van der Waals surface area contributed by atoms with Gasteiger partial charge in [-0.25, -0.2) is 37.8 Å². The van der Waals surface area contributed by atoms with Crippen LogP contribution in [-0.4, -0.2) is 73.8 Å². The lowest BCUT2D eigenvalue weighted by Gasteiger charge is -2.40. The van der Waals surface area contributed by atoms with Gasteiger partial charge < -0.3 is 42.8 Å². The third-order valence-corrected chi connectivity index (χ3v) is 33.1. The highest BCUT2D eigenvalue weighted by Crippen LogP contribution is 2.56. The molecule has 0 aliphatic carbocycles. The highest BCUT2D eigenvalue weighted by molar-refractivity contribution is 7.14. The Hall–Kier alpha value is -12.7. The van der Waals surface area contributed by atoms with E-state index in [9.17, 15) is 0 Å². The van der Waals surface area contributed by atoms with Crippen LogP contribution >= 0.6 is 56.7 Å². The predicted octanol–water partition coefficient (Wildman–Crippen LogP) is 21.3. The van der Waals surface area contributed by atoms with Crippen LogP contribution in [0.3, 0.4) is 0 Å². The van der Waals surface area contributed by atoms with Crippen LogP contribution in [0.25, 0.3) is 21.9 Å². The molecule has 0 saturated carbocycles. The molecule has 29 heteroatoms. The van der Waals surface area contributed by atoms with Gasteiger partial charge in [-0.15, -0.1) is 0 Å². The second-order valence-corrected chi connectivity index (χ2v) is 43.0. The van der Waals surface area contributed by atoms with Crippen LogP contribution in [0.1, 0.15) is 144 Å². The normalized spacial score (nSPS) is 16.9. The first-order valence-corrected chi connectivity index (χ1v) is 50.8. The van der Waals surface area contributed by atoms with Crippen LogP contribution in [0.2, 0.25) is 0 Å². The van der Waals surface area contributed by atoms with Crippen molar-refractivity contribution in [2.45, 2.75) is 176 Å². The van der Waals surface area contributed by atoms with Crippen LogP contribution in [0.15, 0.2) is 258 Å². The quantitative estimate of drug-likeness (QED) is 0.0903. The van der Waals surface area contributed by atoms with Gasteiger partial charge in [0, 0.05) is 85.7 Å². The first-order chi connectivity index (χ1) is 64.4. The predicted molar refractivity (Wildman–Crippen MR) is 558 cm³/mol. The third-order valence-electron chi connectivity index (χ3n) is 28.3. The van der Waals surface area contributed by atoms with Gasteiger partial charge in [0.1, 0.15) is 48.5 Å². The summed E-state index contributed by atoms with van der Waals surface area (Å²) in [6.07, 6.45) is 17.4. The number of aryl methyl sites for hydroxylation is 11. The largest absolute Gasteiger partial charge is 0.346 e. The molecule has 0 unspecified atom stereocenters. The van der Waals surface area contributed by atoms with E-state index in [1.165, 1.54) is 111 Å². The number of fused-ring (bicyclic) bond motifs is 7. The molecule has 0 fully saturated rings. The first kappa shape index (κ1) is 92.8. The number of rotatable bonds is 15. The minimum atomic E-state index is -0.298. The smallest absolute Gasteiger partial charge is 0.342 e. The molecule has 24 nitrogen and oxygen atoms in total. The molecule has 5 aliphatic heterocycles. The summed E-state index contributed by atoms with van der Waals surface area (Å²) < 4.78 is 21.9. The summed E-state index contributed by atoms with van der Waals surface area (Å²) in [5, 5.41) is 22.8. The molecule has 7 aromatic carbocycles. The first-order valence-electron chi connectivity index (χ1n) is 46.4. The number of hydrogen-bond acceptors (Lipinski definition) is 19. The average molecular weight is 1900 g/mol. The summed E-state index contributed by atoms with van der Waals surface area (Å²) in [5.74, 6) is 3.17. The summed E-state index contributed by atoms with van der Waals surface area (Å²) in [7, 11) is 21.1. The van der Waals surface area contributed by atoms with Crippen molar-refractivity contribution in [1.82, 2.24) is 43.0 Å². The van der Waals surface area contributed by atoms with Crippen LogP contribution in [0.4, 0.5) is 82.5 Å². The van der Waals surface area contributed by atoms with E-state index in [0.717, 1.165) is 34.2 Å². The van der Waals surface area contributed by atoms with Crippen molar-refractivity contribution in [1.29, 1.82) is 0 Å². The Labute approximate surface area is 815 Å². The minimum Gasteiger partial charge on any atom is -0.346 e. The van der Waals surface area contributed by atoms with Gasteiger partial charge in [-0.1, -0.05) is 148 Å². The fraction of sp³-hybridized carbons (Fsp3) is 0.349. The van der Waals surface area contributed by atoms with Crippen LogP contribution in [-0.2, 0) is 98.2 Å². The molecule has 135 heavy (non-hydrogen) atoms. The Morgan fingerprint density at radius 2 is 0.630 bits per heavy atom. The highest BCUT2D eigenvalue weighted by Gasteiger charge is 2.55. The third kappa shape index (κ3) is 15.5. The zero-order valence-electron chi connectivity index (χ0n) is 83.0. The SMILES string of the molecule is C[C@@H]1N(c2scc[n+]2C)c2ccccc2N1C(C)(C)c1cc2ccccc2n1C.C[C@@H]1N(c2scc[n+]2C)c2ccccc2N1C(C)(C)c1nc2ccccc2n1C.C[C@@H]1N(c2scc[n+]2C)c2ccccc2N1C(C)(C)c1nccn1C.Cc1cc(C(C)(C)N2c3ccccc3N(c3scc[n+]3C)[C@H]2C)n(C)n1.Cc1ncc(C(C)(C)N2c3ccccc3N(c3scc[n+]3C)[C@H]2C)n1C. The summed E-state index contributed by atoms with van der Waals surface area (Å²) >= 11 is 8.88. The van der Waals surface area contributed by atoms with Crippen molar-refractivity contribution in [3.05, 3.63) is 299 Å². The lowest BCUT2D eigenvalue weighted by atomic mass is 9.96. The lowest BCUT2D eigenvalue weighted by molar-refractivity contribution is -0.654. The Morgan fingerprint density at radius 3 is 0.933 bits per heavy atom. The van der Waals surface area contributed by atoms with E-state index in [2.05, 4.69) is 526 Å². The molecular formula is C106H129N24S5+5. The highest BCUT2D eigenvalue weighted by atomic mass is 32.1. The van der Waals surface area contributed by atoms with E-state index in [4.69, 9.17) is 4.98 Å². The molecule has 0 saturated heterocycles. The van der Waals surface area contributed by atoms with Gasteiger partial charge in [0.25, 0.3) is 0 Å². The lowest BCUT2D eigenvalue weighted by Crippen LogP contribution is -2.51. The van der Waals surface area contributed by atoms with E-state index < -0.39 is 0 Å². The summed E-state index contributed by atoms with van der Waals surface area (Å²) in [5.41, 5.74) is 19.7. The zero-order chi connectivity index (χ0) is 95.7. The molecule has 5 aliphatic rings. The van der Waals surface area contributed by atoms with E-state index in [1.54, 1.807) is 56.7 Å². The maximum atomic E-state index is 5.04. The number of hydrogen-bond donors (Lipinski definition) is 0. The molecule has 22 rings (SSSR count). The molecule has 0 amide bonds. The molecule has 5 atom stereocenters. The molecule has 0 spiro atoms. The summed E-state index contributed by atoms with van der Waals surface area (Å²) in [6, 6.07) is 65.1. The van der Waals surface area contributed by atoms with Crippen molar-refractivity contribution < 1.29 is 22.8 Å². The maximum absolute atomic E-state index is 5.04. The fourth-order valence-electron chi connectivity index (χ4n) is 22.2. The number of para-hydroxylation sites is 13. The van der Waals surface area contributed by atoms with E-state index >= 15 is 0 Å². The molecule has 17 aromatic rings. The molecule has 15 heterocycles. The Kier molecular flexibility index (Phi) is 24.4. The van der Waals surface area contributed by atoms with Crippen LogP contribution < -0.4 is 71.8 Å². The number of nitrogens with zero attached hydrogens (tertiary/aromatic N) is 24. The van der Waals surface area contributed by atoms with E-state index in [1.807, 2.05) is 30.3 Å². The maximum Gasteiger partial charge on any atom is 0.342 e. The van der Waals surface area contributed by atoms with Crippen LogP contribution in [0, 0.1) is 13.8 Å². The summed E-state index contributed by atoms with van der Waals surface area (Å²) in [6.45, 7) is 38.4. The fourth-order valence-corrected chi connectivity index (χ4v) is 27.0. The Balaban J connectivity index is 0.000000113. The zero-order valence-corrected chi connectivity index (χ0v) is 87.1. The Bertz CT molecular complexity index is 6870. The van der Waals surface area contributed by atoms with Gasteiger partial charge in [-0.3, -0.25) is 4.68 Å². The second-order valence-electron chi connectivity index (χ2n) is 38.6. The van der Waals surface area contributed by atoms with Gasteiger partial charge in [-0.05, 0) is 214 Å². The van der Waals surface area contributed by atoms with Gasteiger partial charge in [0.2, 0.25) is 0 Å². The molecule has 0 N–H and O–H groups in total. The topological polar surface area (TPSA) is 128 Å². The number of aromatic nitrogens is 14. The molecule has 0 radical (unpaired) electrons. The number of benzene rings is 7. The van der Waals surface area contributed by atoms with Gasteiger partial charge >= 0.3 is 25.7 Å². The van der Waals surface area contributed by atoms with Crippen molar-refractivity contribution in [3.63, 3.8) is 0 Å². The number of thiazole rings is 5. The van der Waals surface area contributed by atoms with Crippen molar-refractivity contribution >= 4 is 161 Å². The van der Waals surface area contributed by atoms with Crippen molar-refractivity contribution in [2.75, 3.05) is 49.0 Å². The number of imidazole rings is 3. The van der Waals surface area contributed by atoms with Gasteiger partial charge in [-0.2, -0.15) is 29.6 Å². The van der Waals surface area contributed by atoms with E-state index in [0.29, 0.717) is 0 Å². The molecule has 698 valence electrons. The molecule has 0 bridgehead atoms. The van der Waals surface area contributed by atoms with Crippen LogP contribution in [0.5, 0.6) is 0 Å². The van der Waals surface area contributed by atoms with Gasteiger partial charge in [0.05, 0.1) is 126 Å². The average Bonchev–Trinajstić information content (AvgIpc) is 1.86. The van der Waals surface area contributed by atoms with E-state index in [-0.39, 0.29) is 58.5 Å². The molecular weight excluding hydrogens is 1770 g/mol. The standard InChI is InChI=1S/C24H27N4S.C23H26N5S.2C20H26N5S.C19H24N5S/c1-17-27(23-25(4)14-15-29-23)20-12-8-9-13-21(20)28(17)24(2,3)22-16-18-10-6-7-11-19(18)26(22)5;1-16-27(22-25(4)14-15-29-22)19-12-8-9-13-20(19)28(16)23(2,3)21-24-17-10-6-7-11-18(17)26(21)5;1-14-21-13-18(23(14)6)20(3,4)25-15(2)24(19-22(5)11-12-26-19)16-9-7-8-10-17(16)25;1-14-13-18(23(6)21-14)20(3,4)25-15(2)24(19-22(5)11-12-26-19)16-9-7-8-10-17(16)25;1-14-23(18-22(5)12-13-25-18)15-8-6-7-9-16(15)24(14)19(2,3)17-20-10-11-21(17)4/h6-17H,1-5H3;6-16H,1-5H3;2*7-13,15H,1-6H3;6-14H,1-5H3/q5*+1/t17-;16-;2*15-;14-/m11111/s1. The monoisotopic (exact) mass is 1900 g/mol. The Morgan fingerprint density at radius 1 is 0.319 bits per heavy atom. The minimum absolute atomic E-state index is 0.159. The van der Waals surface area contributed by atoms with Gasteiger partial charge in [0.15, 0.2) is 59.3 Å². The second kappa shape index (κ2) is 35.5. The van der Waals surface area contributed by atoms with Crippen molar-refractivity contribution in [3.8, 4) is 0 Å².